The number of likely N-dealkylation sites (tertiary alicyclic amines) is 1. The maximum atomic E-state index is 12.8. The molecule has 0 spiro atoms. The van der Waals surface area contributed by atoms with E-state index in [2.05, 4.69) is 5.32 Å². The number of amides is 2. The van der Waals surface area contributed by atoms with Crippen LogP contribution >= 0.6 is 0 Å². The van der Waals surface area contributed by atoms with Gasteiger partial charge in [0.25, 0.3) is 11.8 Å². The molecular weight excluding hydrogens is 314 g/mol. The molecule has 2 aromatic rings. The van der Waals surface area contributed by atoms with Crippen molar-refractivity contribution in [2.45, 2.75) is 25.8 Å². The highest BCUT2D eigenvalue weighted by Gasteiger charge is 2.23. The molecule has 5 heteroatoms. The van der Waals surface area contributed by atoms with E-state index in [1.807, 2.05) is 37.3 Å². The minimum absolute atomic E-state index is 0.0629. The number of nitrogens with zero attached hydrogens (tertiary/aromatic N) is 1. The van der Waals surface area contributed by atoms with Crippen molar-refractivity contribution >= 4 is 17.5 Å². The number of nitrogens with one attached hydrogen (secondary N) is 1. The molecule has 130 valence electrons. The Morgan fingerprint density at radius 3 is 2.52 bits per heavy atom. The maximum absolute atomic E-state index is 12.8. The molecular formula is C20H23N3O2. The van der Waals surface area contributed by atoms with Crippen LogP contribution in [0.1, 0.15) is 39.1 Å². The quantitative estimate of drug-likeness (QED) is 0.904. The van der Waals surface area contributed by atoms with Gasteiger partial charge in [0.1, 0.15) is 0 Å². The molecule has 0 atom stereocenters. The zero-order valence-corrected chi connectivity index (χ0v) is 14.4. The van der Waals surface area contributed by atoms with E-state index in [1.54, 1.807) is 23.1 Å². The number of hydrogen-bond acceptors (Lipinski definition) is 3. The summed E-state index contributed by atoms with van der Waals surface area (Å²) in [6.45, 7) is 3.25. The third kappa shape index (κ3) is 4.06. The standard InChI is InChI=1S/C20H23N3O2/c1-14-5-4-6-15(13-14)19(24)22-18-8-3-2-7-17(18)20(25)23-11-9-16(21)10-12-23/h2-8,13,16H,9-12,21H2,1H3,(H,22,24). The largest absolute Gasteiger partial charge is 0.338 e. The van der Waals surface area contributed by atoms with E-state index < -0.39 is 0 Å². The zero-order chi connectivity index (χ0) is 17.8. The summed E-state index contributed by atoms with van der Waals surface area (Å²) < 4.78 is 0. The number of carbonyl (C=O) groups is 2. The summed E-state index contributed by atoms with van der Waals surface area (Å²) in [7, 11) is 0. The summed E-state index contributed by atoms with van der Waals surface area (Å²) in [5.41, 5.74) is 8.55. The van der Waals surface area contributed by atoms with Gasteiger partial charge in [0, 0.05) is 24.7 Å². The van der Waals surface area contributed by atoms with Gasteiger partial charge in [-0.2, -0.15) is 0 Å². The Bertz CT molecular complexity index is 780. The van der Waals surface area contributed by atoms with Gasteiger partial charge in [0.15, 0.2) is 0 Å². The zero-order valence-electron chi connectivity index (χ0n) is 14.4. The topological polar surface area (TPSA) is 75.4 Å². The molecule has 1 aliphatic heterocycles. The smallest absolute Gasteiger partial charge is 0.255 e. The molecule has 1 aliphatic rings. The van der Waals surface area contributed by atoms with Crippen LogP contribution in [0.2, 0.25) is 0 Å². The van der Waals surface area contributed by atoms with Crippen molar-refractivity contribution in [1.29, 1.82) is 0 Å². The van der Waals surface area contributed by atoms with E-state index >= 15 is 0 Å². The van der Waals surface area contributed by atoms with Crippen molar-refractivity contribution in [2.75, 3.05) is 18.4 Å². The van der Waals surface area contributed by atoms with Crippen molar-refractivity contribution < 1.29 is 9.59 Å². The Morgan fingerprint density at radius 1 is 1.08 bits per heavy atom. The fourth-order valence-electron chi connectivity index (χ4n) is 3.03. The van der Waals surface area contributed by atoms with Crippen LogP contribution in [0.15, 0.2) is 48.5 Å². The summed E-state index contributed by atoms with van der Waals surface area (Å²) in [5.74, 6) is -0.281. The van der Waals surface area contributed by atoms with Gasteiger partial charge in [0.05, 0.1) is 11.3 Å². The van der Waals surface area contributed by atoms with E-state index in [-0.39, 0.29) is 17.9 Å². The van der Waals surface area contributed by atoms with Crippen molar-refractivity contribution in [3.63, 3.8) is 0 Å². The Morgan fingerprint density at radius 2 is 1.80 bits per heavy atom. The fourth-order valence-corrected chi connectivity index (χ4v) is 3.03. The van der Waals surface area contributed by atoms with Crippen LogP contribution in [0.25, 0.3) is 0 Å². The predicted molar refractivity (Wildman–Crippen MR) is 98.7 cm³/mol. The van der Waals surface area contributed by atoms with Gasteiger partial charge in [-0.25, -0.2) is 0 Å². The number of anilines is 1. The normalized spacial score (nSPS) is 15.0. The van der Waals surface area contributed by atoms with Crippen LogP contribution in [0.3, 0.4) is 0 Å². The molecule has 0 bridgehead atoms. The van der Waals surface area contributed by atoms with E-state index in [4.69, 9.17) is 5.73 Å². The number of benzene rings is 2. The summed E-state index contributed by atoms with van der Waals surface area (Å²) in [6.07, 6.45) is 1.62. The first-order valence-corrected chi connectivity index (χ1v) is 8.56. The number of hydrogen-bond donors (Lipinski definition) is 2. The van der Waals surface area contributed by atoms with Gasteiger partial charge in [-0.3, -0.25) is 9.59 Å². The molecule has 0 aliphatic carbocycles. The van der Waals surface area contributed by atoms with Gasteiger partial charge in [0.2, 0.25) is 0 Å². The number of rotatable bonds is 3. The average Bonchev–Trinajstić information content (AvgIpc) is 2.62. The van der Waals surface area contributed by atoms with Gasteiger partial charge < -0.3 is 16.0 Å². The lowest BCUT2D eigenvalue weighted by molar-refractivity contribution is 0.0716. The second kappa shape index (κ2) is 7.49. The first-order valence-electron chi connectivity index (χ1n) is 8.56. The van der Waals surface area contributed by atoms with Crippen LogP contribution in [0, 0.1) is 6.92 Å². The lowest BCUT2D eigenvalue weighted by Crippen LogP contribution is -2.43. The second-order valence-corrected chi connectivity index (χ2v) is 6.50. The molecule has 0 radical (unpaired) electrons. The monoisotopic (exact) mass is 337 g/mol. The van der Waals surface area contributed by atoms with Crippen molar-refractivity contribution in [1.82, 2.24) is 4.90 Å². The van der Waals surface area contributed by atoms with Gasteiger partial charge in [-0.15, -0.1) is 0 Å². The highest BCUT2D eigenvalue weighted by molar-refractivity contribution is 6.09. The molecule has 1 saturated heterocycles. The molecule has 1 heterocycles. The highest BCUT2D eigenvalue weighted by Crippen LogP contribution is 2.20. The Balaban J connectivity index is 1.79. The summed E-state index contributed by atoms with van der Waals surface area (Å²) in [4.78, 5) is 27.1. The minimum atomic E-state index is -0.218. The van der Waals surface area contributed by atoms with Crippen LogP contribution in [-0.2, 0) is 0 Å². The van der Waals surface area contributed by atoms with Crippen LogP contribution in [0.4, 0.5) is 5.69 Å². The summed E-state index contributed by atoms with van der Waals surface area (Å²) in [6, 6.07) is 14.7. The van der Waals surface area contributed by atoms with Crippen LogP contribution in [0.5, 0.6) is 0 Å². The molecule has 25 heavy (non-hydrogen) atoms. The van der Waals surface area contributed by atoms with E-state index in [0.29, 0.717) is 29.9 Å². The number of nitrogens with two attached hydrogens (primary N) is 1. The molecule has 2 amide bonds. The number of carbonyl (C=O) groups excluding carboxylic acids is 2. The molecule has 0 unspecified atom stereocenters. The molecule has 2 aromatic carbocycles. The van der Waals surface area contributed by atoms with Crippen molar-refractivity contribution in [2.24, 2.45) is 5.73 Å². The Labute approximate surface area is 147 Å². The number of para-hydroxylation sites is 1. The first kappa shape index (κ1) is 17.2. The second-order valence-electron chi connectivity index (χ2n) is 6.50. The molecule has 1 fully saturated rings. The first-order chi connectivity index (χ1) is 12.0. The number of piperidine rings is 1. The summed E-state index contributed by atoms with van der Waals surface area (Å²) in [5, 5.41) is 2.87. The SMILES string of the molecule is Cc1cccc(C(=O)Nc2ccccc2C(=O)N2CCC(N)CC2)c1. The lowest BCUT2D eigenvalue weighted by Gasteiger charge is -2.30. The lowest BCUT2D eigenvalue weighted by atomic mass is 10.0. The minimum Gasteiger partial charge on any atom is -0.338 e. The molecule has 0 aromatic heterocycles. The van der Waals surface area contributed by atoms with Gasteiger partial charge in [-0.1, -0.05) is 29.8 Å². The molecule has 3 N–H and O–H groups in total. The maximum Gasteiger partial charge on any atom is 0.255 e. The number of aryl methyl sites for hydroxylation is 1. The van der Waals surface area contributed by atoms with E-state index in [1.165, 1.54) is 0 Å². The molecule has 5 nitrogen and oxygen atoms in total. The van der Waals surface area contributed by atoms with Gasteiger partial charge in [-0.05, 0) is 44.0 Å². The van der Waals surface area contributed by atoms with E-state index in [9.17, 15) is 9.59 Å². The third-order valence-electron chi connectivity index (χ3n) is 4.51. The predicted octanol–water partition coefficient (Wildman–Crippen LogP) is 2.81. The van der Waals surface area contributed by atoms with Crippen molar-refractivity contribution in [3.05, 3.63) is 65.2 Å². The molecule has 0 saturated carbocycles. The Hall–Kier alpha value is -2.66. The van der Waals surface area contributed by atoms with E-state index in [0.717, 1.165) is 18.4 Å². The molecule has 3 rings (SSSR count). The van der Waals surface area contributed by atoms with Gasteiger partial charge >= 0.3 is 0 Å². The fraction of sp³-hybridized carbons (Fsp3) is 0.300. The van der Waals surface area contributed by atoms with Crippen LogP contribution in [-0.4, -0.2) is 35.8 Å². The Kier molecular flexibility index (Phi) is 5.14. The average molecular weight is 337 g/mol. The van der Waals surface area contributed by atoms with Crippen LogP contribution < -0.4 is 11.1 Å². The highest BCUT2D eigenvalue weighted by atomic mass is 16.2. The van der Waals surface area contributed by atoms with Crippen molar-refractivity contribution in [3.8, 4) is 0 Å². The summed E-state index contributed by atoms with van der Waals surface area (Å²) >= 11 is 0. The third-order valence-corrected chi connectivity index (χ3v) is 4.51.